The molecule has 0 aliphatic carbocycles. The molecule has 5 nitrogen and oxygen atoms in total. The zero-order valence-electron chi connectivity index (χ0n) is 13.9. The molecular formula is C20H21N3O2. The minimum Gasteiger partial charge on any atom is -0.336 e. The summed E-state index contributed by atoms with van der Waals surface area (Å²) in [5, 5.41) is 5.68. The maximum Gasteiger partial charge on any atom is 0.321 e. The Kier molecular flexibility index (Phi) is 5.14. The first kappa shape index (κ1) is 16.8. The van der Waals surface area contributed by atoms with Gasteiger partial charge in [0, 0.05) is 36.8 Å². The van der Waals surface area contributed by atoms with E-state index in [2.05, 4.69) is 17.2 Å². The third kappa shape index (κ3) is 4.07. The van der Waals surface area contributed by atoms with Gasteiger partial charge in [-0.25, -0.2) is 4.79 Å². The predicted octanol–water partition coefficient (Wildman–Crippen LogP) is 3.51. The van der Waals surface area contributed by atoms with Crippen LogP contribution in [0, 0.1) is 0 Å². The summed E-state index contributed by atoms with van der Waals surface area (Å²) in [6.45, 7) is 5.10. The molecule has 1 heterocycles. The van der Waals surface area contributed by atoms with Gasteiger partial charge >= 0.3 is 6.03 Å². The molecule has 128 valence electrons. The maximum absolute atomic E-state index is 12.4. The predicted molar refractivity (Wildman–Crippen MR) is 99.8 cm³/mol. The summed E-state index contributed by atoms with van der Waals surface area (Å²) in [5.74, 6) is -0.120. The standard InChI is InChI=1S/C20H21N3O2/c1-2-15(16-7-4-3-5-8-16)13-19(24)22-17-9-6-10-18(14-17)23-12-11-21-20(23)25/h2-10,14-15H,1,11-13H2,(H,21,25)(H,22,24)/t15-/m0/s1. The van der Waals surface area contributed by atoms with E-state index in [1.807, 2.05) is 54.6 Å². The van der Waals surface area contributed by atoms with Gasteiger partial charge in [-0.1, -0.05) is 42.5 Å². The Bertz CT molecular complexity index is 774. The molecule has 0 saturated carbocycles. The highest BCUT2D eigenvalue weighted by molar-refractivity contribution is 5.96. The Hall–Kier alpha value is -3.08. The van der Waals surface area contributed by atoms with E-state index < -0.39 is 0 Å². The molecular weight excluding hydrogens is 314 g/mol. The summed E-state index contributed by atoms with van der Waals surface area (Å²) < 4.78 is 0. The van der Waals surface area contributed by atoms with E-state index >= 15 is 0 Å². The highest BCUT2D eigenvalue weighted by Gasteiger charge is 2.21. The maximum atomic E-state index is 12.4. The second kappa shape index (κ2) is 7.66. The van der Waals surface area contributed by atoms with Crippen molar-refractivity contribution < 1.29 is 9.59 Å². The minimum absolute atomic E-state index is 0.0336. The van der Waals surface area contributed by atoms with Crippen LogP contribution in [0.1, 0.15) is 17.9 Å². The molecule has 0 aromatic heterocycles. The summed E-state index contributed by atoms with van der Waals surface area (Å²) in [6.07, 6.45) is 2.11. The number of allylic oxidation sites excluding steroid dienone is 1. The number of rotatable bonds is 6. The smallest absolute Gasteiger partial charge is 0.321 e. The summed E-state index contributed by atoms with van der Waals surface area (Å²) in [4.78, 5) is 25.8. The zero-order chi connectivity index (χ0) is 17.6. The summed E-state index contributed by atoms with van der Waals surface area (Å²) >= 11 is 0. The van der Waals surface area contributed by atoms with Crippen molar-refractivity contribution in [2.24, 2.45) is 0 Å². The van der Waals surface area contributed by atoms with Crippen molar-refractivity contribution in [2.75, 3.05) is 23.3 Å². The average Bonchev–Trinajstić information content (AvgIpc) is 3.06. The lowest BCUT2D eigenvalue weighted by atomic mass is 9.95. The van der Waals surface area contributed by atoms with Crippen LogP contribution in [0.15, 0.2) is 67.3 Å². The number of urea groups is 1. The number of anilines is 2. The second-order valence-corrected chi connectivity index (χ2v) is 5.94. The molecule has 0 radical (unpaired) electrons. The van der Waals surface area contributed by atoms with Gasteiger partial charge < -0.3 is 10.6 Å². The fourth-order valence-corrected chi connectivity index (χ4v) is 2.92. The van der Waals surface area contributed by atoms with Crippen LogP contribution in [-0.2, 0) is 4.79 Å². The highest BCUT2D eigenvalue weighted by atomic mass is 16.2. The molecule has 0 bridgehead atoms. The van der Waals surface area contributed by atoms with Crippen molar-refractivity contribution in [2.45, 2.75) is 12.3 Å². The topological polar surface area (TPSA) is 61.4 Å². The first-order valence-electron chi connectivity index (χ1n) is 8.30. The molecule has 3 amide bonds. The van der Waals surface area contributed by atoms with Crippen LogP contribution in [0.5, 0.6) is 0 Å². The van der Waals surface area contributed by atoms with Gasteiger partial charge in [-0.3, -0.25) is 9.69 Å². The number of amides is 3. The Morgan fingerprint density at radius 1 is 1.24 bits per heavy atom. The van der Waals surface area contributed by atoms with Crippen LogP contribution < -0.4 is 15.5 Å². The van der Waals surface area contributed by atoms with Crippen LogP contribution in [0.4, 0.5) is 16.2 Å². The Balaban J connectivity index is 1.66. The normalized spacial score (nSPS) is 14.7. The van der Waals surface area contributed by atoms with E-state index in [0.717, 1.165) is 11.3 Å². The van der Waals surface area contributed by atoms with E-state index in [4.69, 9.17) is 0 Å². The number of hydrogen-bond acceptors (Lipinski definition) is 2. The fraction of sp³-hybridized carbons (Fsp3) is 0.200. The number of nitrogens with one attached hydrogen (secondary N) is 2. The van der Waals surface area contributed by atoms with Gasteiger partial charge in [0.25, 0.3) is 0 Å². The second-order valence-electron chi connectivity index (χ2n) is 5.94. The van der Waals surface area contributed by atoms with Gasteiger partial charge in [-0.2, -0.15) is 0 Å². The van der Waals surface area contributed by atoms with E-state index in [1.165, 1.54) is 0 Å². The molecule has 1 fully saturated rings. The molecule has 25 heavy (non-hydrogen) atoms. The van der Waals surface area contributed by atoms with Crippen LogP contribution in [0.25, 0.3) is 0 Å². The molecule has 5 heteroatoms. The van der Waals surface area contributed by atoms with Gasteiger partial charge in [-0.05, 0) is 23.8 Å². The van der Waals surface area contributed by atoms with Crippen molar-refractivity contribution in [3.05, 3.63) is 72.8 Å². The van der Waals surface area contributed by atoms with E-state index in [1.54, 1.807) is 11.0 Å². The lowest BCUT2D eigenvalue weighted by Gasteiger charge is -2.16. The summed E-state index contributed by atoms with van der Waals surface area (Å²) in [6, 6.07) is 17.1. The molecule has 1 aliphatic heterocycles. The number of nitrogens with zero attached hydrogens (tertiary/aromatic N) is 1. The minimum atomic E-state index is -0.112. The number of carbonyl (C=O) groups excluding carboxylic acids is 2. The Morgan fingerprint density at radius 2 is 2.04 bits per heavy atom. The van der Waals surface area contributed by atoms with Gasteiger partial charge in [0.2, 0.25) is 5.91 Å². The quantitative estimate of drug-likeness (QED) is 0.794. The third-order valence-corrected chi connectivity index (χ3v) is 4.22. The highest BCUT2D eigenvalue weighted by Crippen LogP contribution is 2.24. The molecule has 3 rings (SSSR count). The van der Waals surface area contributed by atoms with E-state index in [-0.39, 0.29) is 17.9 Å². The van der Waals surface area contributed by atoms with Gasteiger partial charge in [0.15, 0.2) is 0 Å². The monoisotopic (exact) mass is 335 g/mol. The molecule has 2 aromatic rings. The molecule has 1 saturated heterocycles. The number of benzene rings is 2. The van der Waals surface area contributed by atoms with Gasteiger partial charge in [0.05, 0.1) is 0 Å². The largest absolute Gasteiger partial charge is 0.336 e. The lowest BCUT2D eigenvalue weighted by Crippen LogP contribution is -2.27. The fourth-order valence-electron chi connectivity index (χ4n) is 2.92. The van der Waals surface area contributed by atoms with Crippen LogP contribution in [-0.4, -0.2) is 25.0 Å². The molecule has 1 aliphatic rings. The van der Waals surface area contributed by atoms with Crippen molar-refractivity contribution in [1.29, 1.82) is 0 Å². The van der Waals surface area contributed by atoms with Crippen LogP contribution >= 0.6 is 0 Å². The summed E-state index contributed by atoms with van der Waals surface area (Å²) in [7, 11) is 0. The number of hydrogen-bond donors (Lipinski definition) is 2. The van der Waals surface area contributed by atoms with Crippen LogP contribution in [0.3, 0.4) is 0 Å². The Morgan fingerprint density at radius 3 is 2.72 bits per heavy atom. The van der Waals surface area contributed by atoms with Gasteiger partial charge in [0.1, 0.15) is 0 Å². The SMILES string of the molecule is C=C[C@@H](CC(=O)Nc1cccc(N2CCNC2=O)c1)c1ccccc1. The molecule has 1 atom stereocenters. The van der Waals surface area contributed by atoms with E-state index in [9.17, 15) is 9.59 Å². The van der Waals surface area contributed by atoms with Crippen molar-refractivity contribution >= 4 is 23.3 Å². The lowest BCUT2D eigenvalue weighted by molar-refractivity contribution is -0.116. The van der Waals surface area contributed by atoms with Crippen molar-refractivity contribution in [3.63, 3.8) is 0 Å². The van der Waals surface area contributed by atoms with Crippen molar-refractivity contribution in [3.8, 4) is 0 Å². The summed E-state index contributed by atoms with van der Waals surface area (Å²) in [5.41, 5.74) is 2.52. The average molecular weight is 335 g/mol. The van der Waals surface area contributed by atoms with E-state index in [0.29, 0.717) is 25.2 Å². The molecule has 0 spiro atoms. The Labute approximate surface area is 147 Å². The zero-order valence-corrected chi connectivity index (χ0v) is 13.9. The molecule has 2 aromatic carbocycles. The first-order valence-corrected chi connectivity index (χ1v) is 8.30. The first-order chi connectivity index (χ1) is 12.2. The van der Waals surface area contributed by atoms with Gasteiger partial charge in [-0.15, -0.1) is 6.58 Å². The van der Waals surface area contributed by atoms with Crippen LogP contribution in [0.2, 0.25) is 0 Å². The molecule has 2 N–H and O–H groups in total. The van der Waals surface area contributed by atoms with Crippen molar-refractivity contribution in [1.82, 2.24) is 5.32 Å². The number of carbonyl (C=O) groups is 2. The molecule has 0 unspecified atom stereocenters. The third-order valence-electron chi connectivity index (χ3n) is 4.22.